The zero-order valence-electron chi connectivity index (χ0n) is 10.6. The molecule has 0 aliphatic heterocycles. The zero-order valence-corrected chi connectivity index (χ0v) is 11.5. The lowest BCUT2D eigenvalue weighted by atomic mass is 10.0. The lowest BCUT2D eigenvalue weighted by Gasteiger charge is -2.13. The van der Waals surface area contributed by atoms with Gasteiger partial charge in [-0.1, -0.05) is 38.1 Å². The van der Waals surface area contributed by atoms with Crippen molar-refractivity contribution >= 4 is 22.8 Å². The topological polar surface area (TPSA) is 29.1 Å². The number of carbonyl (C=O) groups is 1. The summed E-state index contributed by atoms with van der Waals surface area (Å²) in [6.45, 7) is 4.66. The van der Waals surface area contributed by atoms with Gasteiger partial charge in [-0.25, -0.2) is 0 Å². The summed E-state index contributed by atoms with van der Waals surface area (Å²) in [7, 11) is 0. The van der Waals surface area contributed by atoms with E-state index in [-0.39, 0.29) is 5.78 Å². The quantitative estimate of drug-likeness (QED) is 0.817. The van der Waals surface area contributed by atoms with E-state index >= 15 is 0 Å². The summed E-state index contributed by atoms with van der Waals surface area (Å²) < 4.78 is 0. The van der Waals surface area contributed by atoms with Crippen LogP contribution in [-0.2, 0) is 0 Å². The number of carbonyl (C=O) groups excluding carboxylic acids is 1. The van der Waals surface area contributed by atoms with Crippen molar-refractivity contribution in [2.24, 2.45) is 0 Å². The van der Waals surface area contributed by atoms with E-state index in [2.05, 4.69) is 25.2 Å². The molecule has 0 aliphatic rings. The highest BCUT2D eigenvalue weighted by Gasteiger charge is 2.09. The van der Waals surface area contributed by atoms with Gasteiger partial charge in [-0.05, 0) is 29.0 Å². The monoisotopic (exact) mass is 259 g/mol. The van der Waals surface area contributed by atoms with Crippen LogP contribution >= 0.6 is 11.3 Å². The lowest BCUT2D eigenvalue weighted by molar-refractivity contribution is 0.101. The van der Waals surface area contributed by atoms with Gasteiger partial charge >= 0.3 is 0 Å². The molecule has 0 spiro atoms. The summed E-state index contributed by atoms with van der Waals surface area (Å²) in [6.07, 6.45) is 0. The van der Waals surface area contributed by atoms with Crippen molar-refractivity contribution in [3.63, 3.8) is 0 Å². The fourth-order valence-electron chi connectivity index (χ4n) is 1.86. The molecule has 0 aliphatic carbocycles. The minimum absolute atomic E-state index is 0.142. The first-order valence-corrected chi connectivity index (χ1v) is 6.96. The van der Waals surface area contributed by atoms with Gasteiger partial charge in [0.15, 0.2) is 5.78 Å². The first-order chi connectivity index (χ1) is 8.68. The Hall–Kier alpha value is -1.61. The molecule has 0 saturated carbocycles. The number of anilines is 1. The minimum Gasteiger partial charge on any atom is -0.377 e. The number of rotatable bonds is 5. The number of Topliss-reactive ketones (excluding diaryl/α,β-unsaturated/α-hetero) is 1. The number of para-hydroxylation sites is 1. The van der Waals surface area contributed by atoms with Crippen molar-refractivity contribution in [1.29, 1.82) is 0 Å². The lowest BCUT2D eigenvalue weighted by Crippen LogP contribution is -2.14. The maximum absolute atomic E-state index is 11.9. The van der Waals surface area contributed by atoms with Crippen LogP contribution in [0.15, 0.2) is 41.8 Å². The van der Waals surface area contributed by atoms with Gasteiger partial charge < -0.3 is 5.32 Å². The molecule has 2 aromatic rings. The summed E-state index contributed by atoms with van der Waals surface area (Å²) in [6, 6.07) is 11.9. The second-order valence-corrected chi connectivity index (χ2v) is 5.44. The molecule has 0 radical (unpaired) electrons. The number of hydrogen-bond acceptors (Lipinski definition) is 3. The van der Waals surface area contributed by atoms with Crippen LogP contribution in [0, 0.1) is 0 Å². The Morgan fingerprint density at radius 1 is 1.22 bits per heavy atom. The molecule has 1 N–H and O–H groups in total. The average molecular weight is 259 g/mol. The van der Waals surface area contributed by atoms with E-state index in [0.29, 0.717) is 12.5 Å². The highest BCUT2D eigenvalue weighted by atomic mass is 32.1. The van der Waals surface area contributed by atoms with Gasteiger partial charge in [0.1, 0.15) is 0 Å². The van der Waals surface area contributed by atoms with Gasteiger partial charge in [0.25, 0.3) is 0 Å². The van der Waals surface area contributed by atoms with Crippen LogP contribution in [0.4, 0.5) is 5.69 Å². The summed E-state index contributed by atoms with van der Waals surface area (Å²) in [5, 5.41) is 5.17. The molecule has 0 atom stereocenters. The highest BCUT2D eigenvalue weighted by molar-refractivity contribution is 7.12. The van der Waals surface area contributed by atoms with Gasteiger partial charge in [-0.3, -0.25) is 4.79 Å². The van der Waals surface area contributed by atoms with E-state index in [1.54, 1.807) is 0 Å². The number of hydrogen-bond donors (Lipinski definition) is 1. The number of nitrogens with one attached hydrogen (secondary N) is 1. The molecule has 1 aromatic carbocycles. The molecule has 2 rings (SSSR count). The molecule has 1 aromatic heterocycles. The number of thiophene rings is 1. The Kier molecular flexibility index (Phi) is 4.15. The van der Waals surface area contributed by atoms with Crippen molar-refractivity contribution < 1.29 is 4.79 Å². The van der Waals surface area contributed by atoms with Gasteiger partial charge in [0.2, 0.25) is 0 Å². The second-order valence-electron chi connectivity index (χ2n) is 4.50. The smallest absolute Gasteiger partial charge is 0.191 e. The van der Waals surface area contributed by atoms with Crippen molar-refractivity contribution in [3.05, 3.63) is 52.2 Å². The maximum Gasteiger partial charge on any atom is 0.191 e. The first kappa shape index (κ1) is 12.8. The average Bonchev–Trinajstić information content (AvgIpc) is 2.90. The molecule has 0 saturated heterocycles. The van der Waals surface area contributed by atoms with Crippen LogP contribution in [0.1, 0.15) is 35.0 Å². The zero-order chi connectivity index (χ0) is 13.0. The number of ketones is 1. The van der Waals surface area contributed by atoms with E-state index in [0.717, 1.165) is 10.6 Å². The predicted molar refractivity (Wildman–Crippen MR) is 77.7 cm³/mol. The van der Waals surface area contributed by atoms with Gasteiger partial charge in [0.05, 0.1) is 11.4 Å². The van der Waals surface area contributed by atoms with E-state index < -0.39 is 0 Å². The van der Waals surface area contributed by atoms with Crippen molar-refractivity contribution in [3.8, 4) is 0 Å². The van der Waals surface area contributed by atoms with Crippen LogP contribution in [0.5, 0.6) is 0 Å². The summed E-state index contributed by atoms with van der Waals surface area (Å²) >= 11 is 1.49. The fraction of sp³-hybridized carbons (Fsp3) is 0.267. The van der Waals surface area contributed by atoms with Gasteiger partial charge in [0, 0.05) is 5.69 Å². The van der Waals surface area contributed by atoms with Crippen molar-refractivity contribution in [1.82, 2.24) is 0 Å². The molecular formula is C15H17NOS. The van der Waals surface area contributed by atoms with E-state index in [1.165, 1.54) is 16.9 Å². The number of benzene rings is 1. The highest BCUT2D eigenvalue weighted by Crippen LogP contribution is 2.23. The SMILES string of the molecule is CC(C)c1ccccc1NCC(=O)c1cccs1. The Bertz CT molecular complexity index is 517. The third-order valence-electron chi connectivity index (χ3n) is 2.82. The van der Waals surface area contributed by atoms with Crippen molar-refractivity contribution in [2.75, 3.05) is 11.9 Å². The van der Waals surface area contributed by atoms with Gasteiger partial charge in [-0.15, -0.1) is 11.3 Å². The molecule has 0 fully saturated rings. The molecule has 0 unspecified atom stereocenters. The summed E-state index contributed by atoms with van der Waals surface area (Å²) in [5.41, 5.74) is 2.30. The molecular weight excluding hydrogens is 242 g/mol. The first-order valence-electron chi connectivity index (χ1n) is 6.08. The molecule has 0 amide bonds. The van der Waals surface area contributed by atoms with Crippen LogP contribution in [0.25, 0.3) is 0 Å². The van der Waals surface area contributed by atoms with E-state index in [4.69, 9.17) is 0 Å². The molecule has 3 heteroatoms. The summed E-state index contributed by atoms with van der Waals surface area (Å²) in [5.74, 6) is 0.592. The predicted octanol–water partition coefficient (Wildman–Crippen LogP) is 4.17. The van der Waals surface area contributed by atoms with E-state index in [1.807, 2.05) is 35.7 Å². The van der Waals surface area contributed by atoms with Crippen LogP contribution in [0.2, 0.25) is 0 Å². The molecule has 94 valence electrons. The fourth-order valence-corrected chi connectivity index (χ4v) is 2.53. The van der Waals surface area contributed by atoms with Gasteiger partial charge in [-0.2, -0.15) is 0 Å². The Morgan fingerprint density at radius 3 is 2.67 bits per heavy atom. The molecule has 18 heavy (non-hydrogen) atoms. The third kappa shape index (κ3) is 2.99. The molecule has 0 bridgehead atoms. The Balaban J connectivity index is 2.04. The van der Waals surface area contributed by atoms with E-state index in [9.17, 15) is 4.79 Å². The van der Waals surface area contributed by atoms with Crippen LogP contribution < -0.4 is 5.32 Å². The normalized spacial score (nSPS) is 10.6. The largest absolute Gasteiger partial charge is 0.377 e. The maximum atomic E-state index is 11.9. The standard InChI is InChI=1S/C15H17NOS/c1-11(2)12-6-3-4-7-13(12)16-10-14(17)15-8-5-9-18-15/h3-9,11,16H,10H2,1-2H3. The third-order valence-corrected chi connectivity index (χ3v) is 3.73. The van der Waals surface area contributed by atoms with Crippen LogP contribution in [-0.4, -0.2) is 12.3 Å². The Labute approximate surface area is 112 Å². The van der Waals surface area contributed by atoms with Crippen molar-refractivity contribution in [2.45, 2.75) is 19.8 Å². The second kappa shape index (κ2) is 5.83. The van der Waals surface area contributed by atoms with Crippen LogP contribution in [0.3, 0.4) is 0 Å². The molecule has 2 nitrogen and oxygen atoms in total. The minimum atomic E-state index is 0.142. The summed E-state index contributed by atoms with van der Waals surface area (Å²) in [4.78, 5) is 12.7. The Morgan fingerprint density at radius 2 is 2.00 bits per heavy atom. The molecule has 1 heterocycles.